The summed E-state index contributed by atoms with van der Waals surface area (Å²) in [5.41, 5.74) is 14.5. The number of fused-ring (bicyclic) bond motifs is 7. The Morgan fingerprint density at radius 3 is 2.40 bits per heavy atom. The van der Waals surface area contributed by atoms with E-state index in [-0.39, 0.29) is 0 Å². The minimum atomic E-state index is 0.430. The number of aryl methyl sites for hydroxylation is 3. The van der Waals surface area contributed by atoms with Gasteiger partial charge in [-0.15, -0.1) is 5.10 Å². The number of imidazole rings is 1. The molecule has 0 amide bonds. The highest BCUT2D eigenvalue weighted by Gasteiger charge is 2.33. The Kier molecular flexibility index (Phi) is 7.02. The fourth-order valence-electron chi connectivity index (χ4n) is 8.94. The first-order valence-electron chi connectivity index (χ1n) is 19.2. The Labute approximate surface area is 323 Å². The molecule has 15 nitrogen and oxygen atoms in total. The molecule has 8 heterocycles. The first-order valence-corrected chi connectivity index (χ1v) is 19.2. The molecule has 2 aliphatic carbocycles. The van der Waals surface area contributed by atoms with E-state index in [0.717, 1.165) is 112 Å². The summed E-state index contributed by atoms with van der Waals surface area (Å²) in [6.07, 6.45) is 18.5. The molecule has 8 aromatic heterocycles. The Morgan fingerprint density at radius 2 is 1.46 bits per heavy atom. The van der Waals surface area contributed by atoms with E-state index >= 15 is 0 Å². The molecule has 12 rings (SSSR count). The van der Waals surface area contributed by atoms with E-state index in [1.807, 2.05) is 18.3 Å². The van der Waals surface area contributed by atoms with Gasteiger partial charge in [-0.05, 0) is 96.7 Å². The summed E-state index contributed by atoms with van der Waals surface area (Å²) in [5, 5.41) is 17.2. The van der Waals surface area contributed by atoms with Gasteiger partial charge in [-0.25, -0.2) is 40.0 Å². The van der Waals surface area contributed by atoms with Crippen molar-refractivity contribution in [2.75, 3.05) is 0 Å². The van der Waals surface area contributed by atoms with Crippen molar-refractivity contribution in [2.45, 2.75) is 51.4 Å². The molecule has 2 aliphatic rings. The molecule has 57 heavy (non-hydrogen) atoms. The van der Waals surface area contributed by atoms with Crippen LogP contribution in [0, 0.1) is 0 Å². The molecule has 0 atom stereocenters. The van der Waals surface area contributed by atoms with Crippen molar-refractivity contribution in [3.8, 4) is 56.7 Å². The highest BCUT2D eigenvalue weighted by atomic mass is 15.5. The number of aromatic nitrogens is 15. The molecule has 0 aliphatic heterocycles. The molecule has 10 aromatic rings. The predicted octanol–water partition coefficient (Wildman–Crippen LogP) is 7.12. The second kappa shape index (κ2) is 12.6. The topological polar surface area (TPSA) is 202 Å². The van der Waals surface area contributed by atoms with Crippen LogP contribution in [0.5, 0.6) is 0 Å². The predicted molar refractivity (Wildman–Crippen MR) is 214 cm³/mol. The Morgan fingerprint density at radius 1 is 0.596 bits per heavy atom. The zero-order chi connectivity index (χ0) is 37.5. The van der Waals surface area contributed by atoms with Crippen LogP contribution < -0.4 is 0 Å². The van der Waals surface area contributed by atoms with Gasteiger partial charge in [0.25, 0.3) is 0 Å². The number of hydrogen-bond acceptors (Lipinski definition) is 12. The average molecular weight is 746 g/mol. The number of benzene rings is 2. The lowest BCUT2D eigenvalue weighted by molar-refractivity contribution is 0.668. The summed E-state index contributed by atoms with van der Waals surface area (Å²) in [7, 11) is 0. The van der Waals surface area contributed by atoms with E-state index in [0.29, 0.717) is 45.4 Å². The average Bonchev–Trinajstić information content (AvgIpc) is 4.06. The Balaban J connectivity index is 1.35. The molecule has 274 valence electrons. The number of nitrogens with one attached hydrogen (secondary N) is 3. The number of nitrogens with zero attached hydrogens (tertiary/aromatic N) is 12. The molecule has 0 bridgehead atoms. The lowest BCUT2D eigenvalue weighted by Crippen LogP contribution is -2.10. The van der Waals surface area contributed by atoms with Crippen LogP contribution in [0.3, 0.4) is 0 Å². The second-order valence-corrected chi connectivity index (χ2v) is 14.7. The standard InChI is InChI=1S/C42H31N15/c1-3-8-23-21(6-1)14-15-44-36(23)33-31(27-13-12-22-7-2-4-10-25(22)50-27)32-30-24(38-54-56-57-55-38)9-5-11-26(30)51-37(32)35(42-47-18-28-39(52-42)45-17-16-43-28)34(33)41-46-19-29-40(53-41)49-20-48-29/h5,9,11-20,51H,1-4,6-8,10H2,(H,46,48,49,53)(H,54,55,56,57). The van der Waals surface area contributed by atoms with Crippen LogP contribution in [0.4, 0.5) is 0 Å². The fraction of sp³-hybridized carbons (Fsp3) is 0.190. The lowest BCUT2D eigenvalue weighted by atomic mass is 9.81. The van der Waals surface area contributed by atoms with Crippen LogP contribution in [0.25, 0.3) is 101 Å². The van der Waals surface area contributed by atoms with Crippen molar-refractivity contribution < 1.29 is 0 Å². The van der Waals surface area contributed by atoms with E-state index in [2.05, 4.69) is 69.8 Å². The molecule has 0 unspecified atom stereocenters. The van der Waals surface area contributed by atoms with Crippen molar-refractivity contribution in [1.29, 1.82) is 0 Å². The molecule has 3 N–H and O–H groups in total. The van der Waals surface area contributed by atoms with Gasteiger partial charge < -0.3 is 9.97 Å². The number of pyridine rings is 2. The van der Waals surface area contributed by atoms with Crippen LogP contribution in [-0.2, 0) is 25.7 Å². The quantitative estimate of drug-likeness (QED) is 0.161. The lowest BCUT2D eigenvalue weighted by Gasteiger charge is -2.25. The van der Waals surface area contributed by atoms with Gasteiger partial charge in [0, 0.05) is 62.8 Å². The van der Waals surface area contributed by atoms with Gasteiger partial charge >= 0.3 is 0 Å². The van der Waals surface area contributed by atoms with Crippen molar-refractivity contribution in [3.63, 3.8) is 0 Å². The fourth-order valence-corrected chi connectivity index (χ4v) is 8.94. The summed E-state index contributed by atoms with van der Waals surface area (Å²) >= 11 is 0. The normalized spacial score (nSPS) is 14.1. The number of aromatic amines is 3. The smallest absolute Gasteiger partial charge is 0.181 e. The van der Waals surface area contributed by atoms with Crippen LogP contribution in [0.1, 0.15) is 48.1 Å². The van der Waals surface area contributed by atoms with Gasteiger partial charge in [-0.3, -0.25) is 9.97 Å². The van der Waals surface area contributed by atoms with E-state index in [1.54, 1.807) is 31.1 Å². The summed E-state index contributed by atoms with van der Waals surface area (Å²) in [4.78, 5) is 51.8. The van der Waals surface area contributed by atoms with Crippen LogP contribution in [0.15, 0.2) is 73.7 Å². The molecular formula is C42H31N15. The Hall–Kier alpha value is -7.42. The molecule has 0 fully saturated rings. The summed E-state index contributed by atoms with van der Waals surface area (Å²) in [6, 6.07) is 12.7. The van der Waals surface area contributed by atoms with E-state index in [9.17, 15) is 0 Å². The minimum Gasteiger partial charge on any atom is -0.354 e. The van der Waals surface area contributed by atoms with E-state index in [4.69, 9.17) is 29.9 Å². The molecule has 0 spiro atoms. The van der Waals surface area contributed by atoms with Crippen molar-refractivity contribution in [3.05, 3.63) is 96.1 Å². The molecule has 0 saturated carbocycles. The first-order chi connectivity index (χ1) is 28.3. The maximum atomic E-state index is 5.53. The largest absolute Gasteiger partial charge is 0.354 e. The van der Waals surface area contributed by atoms with Crippen LogP contribution in [-0.4, -0.2) is 75.4 Å². The van der Waals surface area contributed by atoms with Crippen LogP contribution >= 0.6 is 0 Å². The summed E-state index contributed by atoms with van der Waals surface area (Å²) in [6.45, 7) is 0. The molecule has 0 radical (unpaired) electrons. The highest BCUT2D eigenvalue weighted by molar-refractivity contribution is 6.27. The third kappa shape index (κ3) is 4.97. The SMILES string of the molecule is c1cc(-c2nnn[nH]2)c2c(c1)[nH]c1c(-c3ncc4nccnc4n3)c(-c3ncc4[nH]cnc4n3)c(-c3nccc4c3CCCC4)c(-c3ccc4c(n3)CCCC4)c12. The van der Waals surface area contributed by atoms with Crippen molar-refractivity contribution in [1.82, 2.24) is 75.4 Å². The van der Waals surface area contributed by atoms with Gasteiger partial charge in [-0.1, -0.05) is 18.2 Å². The minimum absolute atomic E-state index is 0.430. The van der Waals surface area contributed by atoms with Crippen molar-refractivity contribution in [2.24, 2.45) is 0 Å². The maximum Gasteiger partial charge on any atom is 0.181 e. The Bertz CT molecular complexity index is 3220. The third-order valence-electron chi connectivity index (χ3n) is 11.5. The molecular weight excluding hydrogens is 715 g/mol. The van der Waals surface area contributed by atoms with Gasteiger partial charge in [0.1, 0.15) is 11.0 Å². The number of H-pyrrole nitrogens is 3. The van der Waals surface area contributed by atoms with Gasteiger partial charge in [0.15, 0.2) is 28.8 Å². The van der Waals surface area contributed by atoms with Crippen LogP contribution in [0.2, 0.25) is 0 Å². The molecule has 0 saturated heterocycles. The molecule has 15 heteroatoms. The number of hydrogen-bond donors (Lipinski definition) is 3. The highest BCUT2D eigenvalue weighted by Crippen LogP contribution is 2.53. The zero-order valence-corrected chi connectivity index (χ0v) is 30.5. The monoisotopic (exact) mass is 745 g/mol. The van der Waals surface area contributed by atoms with Crippen molar-refractivity contribution >= 4 is 44.1 Å². The van der Waals surface area contributed by atoms with E-state index in [1.165, 1.54) is 16.7 Å². The maximum absolute atomic E-state index is 5.53. The summed E-state index contributed by atoms with van der Waals surface area (Å²) in [5.74, 6) is 1.43. The van der Waals surface area contributed by atoms with Gasteiger partial charge in [-0.2, -0.15) is 0 Å². The zero-order valence-electron chi connectivity index (χ0n) is 30.5. The summed E-state index contributed by atoms with van der Waals surface area (Å²) < 4.78 is 0. The first kappa shape index (κ1) is 31.9. The third-order valence-corrected chi connectivity index (χ3v) is 11.5. The number of rotatable bonds is 5. The number of tetrazole rings is 1. The van der Waals surface area contributed by atoms with Gasteiger partial charge in [0.2, 0.25) is 0 Å². The second-order valence-electron chi connectivity index (χ2n) is 14.7. The van der Waals surface area contributed by atoms with E-state index < -0.39 is 0 Å². The molecule has 2 aromatic carbocycles. The van der Waals surface area contributed by atoms with Gasteiger partial charge in [0.05, 0.1) is 41.2 Å².